The number of imidazole rings is 1. The van der Waals surface area contributed by atoms with Gasteiger partial charge in [-0.15, -0.1) is 0 Å². The quantitative estimate of drug-likeness (QED) is 0.154. The van der Waals surface area contributed by atoms with Crippen molar-refractivity contribution in [2.45, 2.75) is 19.6 Å². The van der Waals surface area contributed by atoms with E-state index in [0.29, 0.717) is 63.5 Å². The Kier molecular flexibility index (Phi) is 8.89. The van der Waals surface area contributed by atoms with Gasteiger partial charge in [0.25, 0.3) is 0 Å². The first-order valence-electron chi connectivity index (χ1n) is 16.9. The molecule has 1 saturated heterocycles. The average molecular weight is 685 g/mol. The first kappa shape index (κ1) is 32.2. The van der Waals surface area contributed by atoms with Gasteiger partial charge in [-0.2, -0.15) is 19.6 Å². The Morgan fingerprint density at radius 1 is 0.765 bits per heavy atom. The fraction of sp³-hybridized carbons (Fsp3) is 0.231. The van der Waals surface area contributed by atoms with Crippen molar-refractivity contribution in [1.29, 1.82) is 0 Å². The number of benzene rings is 4. The second-order valence-electron chi connectivity index (χ2n) is 12.4. The highest BCUT2D eigenvalue weighted by molar-refractivity contribution is 5.79. The molecular formula is C39H37FN8O3. The molecule has 7 aromatic rings. The molecule has 0 unspecified atom stereocenters. The van der Waals surface area contributed by atoms with Crippen molar-refractivity contribution in [2.24, 2.45) is 0 Å². The first-order chi connectivity index (χ1) is 25.1. The molecular weight excluding hydrogens is 647 g/mol. The van der Waals surface area contributed by atoms with E-state index in [9.17, 15) is 4.39 Å². The maximum Gasteiger partial charge on any atom is 0.232 e. The number of hydrogen-bond acceptors (Lipinski definition) is 9. The van der Waals surface area contributed by atoms with Crippen LogP contribution in [0.1, 0.15) is 17.0 Å². The number of nitrogens with zero attached hydrogens (tertiary/aromatic N) is 8. The molecule has 3 aromatic heterocycles. The second-order valence-corrected chi connectivity index (χ2v) is 12.4. The lowest BCUT2D eigenvalue weighted by molar-refractivity contribution is 0.122. The molecule has 4 aromatic carbocycles. The molecule has 258 valence electrons. The fourth-order valence-corrected chi connectivity index (χ4v) is 6.45. The third-order valence-electron chi connectivity index (χ3n) is 9.17. The molecule has 11 nitrogen and oxygen atoms in total. The number of morpholine rings is 1. The average Bonchev–Trinajstić information content (AvgIpc) is 3.76. The van der Waals surface area contributed by atoms with E-state index in [1.807, 2.05) is 42.5 Å². The molecule has 51 heavy (non-hydrogen) atoms. The summed E-state index contributed by atoms with van der Waals surface area (Å²) in [6.07, 6.45) is 1.77. The van der Waals surface area contributed by atoms with Crippen LogP contribution in [0.4, 0.5) is 16.3 Å². The number of halogens is 1. The zero-order chi connectivity index (χ0) is 34.7. The fourth-order valence-electron chi connectivity index (χ4n) is 6.45. The number of anilines is 2. The van der Waals surface area contributed by atoms with Crippen molar-refractivity contribution in [2.75, 3.05) is 50.3 Å². The summed E-state index contributed by atoms with van der Waals surface area (Å²) in [5.41, 5.74) is 6.34. The van der Waals surface area contributed by atoms with Crippen LogP contribution in [0.15, 0.2) is 103 Å². The van der Waals surface area contributed by atoms with Crippen molar-refractivity contribution < 1.29 is 18.6 Å². The van der Waals surface area contributed by atoms with Gasteiger partial charge in [0.15, 0.2) is 5.65 Å². The predicted octanol–water partition coefficient (Wildman–Crippen LogP) is 6.39. The minimum absolute atomic E-state index is 0.303. The van der Waals surface area contributed by atoms with Crippen LogP contribution in [0, 0.1) is 5.82 Å². The van der Waals surface area contributed by atoms with E-state index in [2.05, 4.69) is 44.7 Å². The molecule has 0 saturated carbocycles. The van der Waals surface area contributed by atoms with Crippen LogP contribution >= 0.6 is 0 Å². The van der Waals surface area contributed by atoms with E-state index >= 15 is 0 Å². The van der Waals surface area contributed by atoms with Crippen LogP contribution in [-0.4, -0.2) is 69.7 Å². The Balaban J connectivity index is 1.28. The number of para-hydroxylation sites is 2. The summed E-state index contributed by atoms with van der Waals surface area (Å²) in [7, 11) is 3.33. The van der Waals surface area contributed by atoms with Crippen molar-refractivity contribution in [3.63, 3.8) is 0 Å². The smallest absolute Gasteiger partial charge is 0.232 e. The van der Waals surface area contributed by atoms with Crippen LogP contribution < -0.4 is 19.3 Å². The second kappa shape index (κ2) is 14.1. The van der Waals surface area contributed by atoms with E-state index in [-0.39, 0.29) is 5.82 Å². The normalized spacial score (nSPS) is 13.2. The lowest BCUT2D eigenvalue weighted by atomic mass is 10.1. The molecule has 8 rings (SSSR count). The van der Waals surface area contributed by atoms with Crippen molar-refractivity contribution in [3.05, 3.63) is 126 Å². The highest BCUT2D eigenvalue weighted by Gasteiger charge is 2.25. The zero-order valence-corrected chi connectivity index (χ0v) is 28.4. The Hall–Kier alpha value is -6.01. The van der Waals surface area contributed by atoms with Gasteiger partial charge in [-0.1, -0.05) is 48.5 Å². The van der Waals surface area contributed by atoms with Gasteiger partial charge in [0.1, 0.15) is 23.1 Å². The van der Waals surface area contributed by atoms with Crippen molar-refractivity contribution in [3.8, 4) is 22.6 Å². The summed E-state index contributed by atoms with van der Waals surface area (Å²) < 4.78 is 34.5. The van der Waals surface area contributed by atoms with E-state index in [1.54, 1.807) is 37.1 Å². The van der Waals surface area contributed by atoms with E-state index in [1.165, 1.54) is 12.1 Å². The number of rotatable bonds is 11. The largest absolute Gasteiger partial charge is 0.497 e. The van der Waals surface area contributed by atoms with Crippen molar-refractivity contribution >= 4 is 28.6 Å². The molecule has 12 heteroatoms. The van der Waals surface area contributed by atoms with E-state index in [0.717, 1.165) is 50.6 Å². The van der Waals surface area contributed by atoms with Crippen LogP contribution in [0.25, 0.3) is 27.8 Å². The van der Waals surface area contributed by atoms with E-state index < -0.39 is 0 Å². The van der Waals surface area contributed by atoms with Crippen LogP contribution in [-0.2, 0) is 24.4 Å². The minimum Gasteiger partial charge on any atom is -0.497 e. The number of fused-ring (bicyclic) bond motifs is 2. The molecule has 1 fully saturated rings. The third-order valence-corrected chi connectivity index (χ3v) is 9.17. The number of ether oxygens (including phenoxy) is 3. The molecule has 0 radical (unpaired) electrons. The number of aromatic nitrogens is 6. The third kappa shape index (κ3) is 6.65. The Labute approximate surface area is 294 Å². The summed E-state index contributed by atoms with van der Waals surface area (Å²) >= 11 is 0. The predicted molar refractivity (Wildman–Crippen MR) is 194 cm³/mol. The highest BCUT2D eigenvalue weighted by atomic mass is 19.1. The topological polar surface area (TPSA) is 95.1 Å². The molecule has 1 aliphatic heterocycles. The minimum atomic E-state index is -0.303. The van der Waals surface area contributed by atoms with Gasteiger partial charge < -0.3 is 28.6 Å². The Morgan fingerprint density at radius 2 is 1.45 bits per heavy atom. The van der Waals surface area contributed by atoms with Gasteiger partial charge >= 0.3 is 0 Å². The zero-order valence-electron chi connectivity index (χ0n) is 28.4. The summed E-state index contributed by atoms with van der Waals surface area (Å²) in [6, 6.07) is 30.7. The standard InChI is InChI=1S/C39H37FN8O3/c1-49-31-15-7-27(8-16-31)24-46(26-36-42-34-5-3-4-6-35(34)47(36)25-28-9-17-32(50-2)18-10-28)39-44-38(45-19-21-51-22-20-45)43-37-33(23-41-48(37)39)29-11-13-30(40)14-12-29/h3-18,23H,19-22,24-26H2,1-2H3. The summed E-state index contributed by atoms with van der Waals surface area (Å²) in [5, 5.41) is 4.84. The number of hydrogen-bond donors (Lipinski definition) is 0. The summed E-state index contributed by atoms with van der Waals surface area (Å²) in [6.45, 7) is 4.01. The van der Waals surface area contributed by atoms with Gasteiger partial charge in [-0.05, 0) is 65.2 Å². The maximum atomic E-state index is 14.0. The summed E-state index contributed by atoms with van der Waals surface area (Å²) in [4.78, 5) is 19.8. The van der Waals surface area contributed by atoms with E-state index in [4.69, 9.17) is 34.3 Å². The Morgan fingerprint density at radius 3 is 2.16 bits per heavy atom. The SMILES string of the molecule is COc1ccc(CN(Cc2nc3ccccc3n2Cc2ccc(OC)cc2)c2nc(N3CCOCC3)nc3c(-c4ccc(F)cc4)cnn23)cc1. The first-order valence-corrected chi connectivity index (χ1v) is 16.9. The lowest BCUT2D eigenvalue weighted by Gasteiger charge is -2.29. The monoisotopic (exact) mass is 684 g/mol. The molecule has 0 N–H and O–H groups in total. The van der Waals surface area contributed by atoms with Gasteiger partial charge in [0.2, 0.25) is 11.9 Å². The lowest BCUT2D eigenvalue weighted by Crippen LogP contribution is -2.38. The van der Waals surface area contributed by atoms with Crippen LogP contribution in [0.3, 0.4) is 0 Å². The number of methoxy groups -OCH3 is 2. The highest BCUT2D eigenvalue weighted by Crippen LogP contribution is 2.30. The van der Waals surface area contributed by atoms with Gasteiger partial charge in [-0.25, -0.2) is 9.37 Å². The van der Waals surface area contributed by atoms with Gasteiger partial charge in [-0.3, -0.25) is 0 Å². The van der Waals surface area contributed by atoms with Crippen LogP contribution in [0.2, 0.25) is 0 Å². The molecule has 0 atom stereocenters. The molecule has 0 amide bonds. The molecule has 0 aliphatic carbocycles. The molecule has 1 aliphatic rings. The maximum absolute atomic E-state index is 14.0. The van der Waals surface area contributed by atoms with Crippen LogP contribution in [0.5, 0.6) is 11.5 Å². The molecule has 4 heterocycles. The van der Waals surface area contributed by atoms with Crippen molar-refractivity contribution in [1.82, 2.24) is 29.1 Å². The Bertz CT molecular complexity index is 2260. The van der Waals surface area contributed by atoms with Gasteiger partial charge in [0, 0.05) is 31.7 Å². The van der Waals surface area contributed by atoms with Gasteiger partial charge in [0.05, 0.1) is 51.2 Å². The molecule has 0 spiro atoms. The molecule has 0 bridgehead atoms. The summed E-state index contributed by atoms with van der Waals surface area (Å²) in [5.74, 6) is 3.34.